The van der Waals surface area contributed by atoms with Crippen molar-refractivity contribution < 1.29 is 19.4 Å². The van der Waals surface area contributed by atoms with Crippen molar-refractivity contribution >= 4 is 23.2 Å². The number of hydrogen-bond acceptors (Lipinski definition) is 5. The quantitative estimate of drug-likeness (QED) is 0.860. The lowest BCUT2D eigenvalue weighted by Crippen LogP contribution is -2.45. The van der Waals surface area contributed by atoms with Crippen LogP contribution in [0.2, 0.25) is 0 Å². The lowest BCUT2D eigenvalue weighted by atomic mass is 10.2. The van der Waals surface area contributed by atoms with Crippen molar-refractivity contribution in [1.82, 2.24) is 9.88 Å². The van der Waals surface area contributed by atoms with Crippen LogP contribution in [0.3, 0.4) is 0 Å². The summed E-state index contributed by atoms with van der Waals surface area (Å²) < 4.78 is 5.65. The van der Waals surface area contributed by atoms with Crippen molar-refractivity contribution in [3.63, 3.8) is 0 Å². The van der Waals surface area contributed by atoms with Crippen molar-refractivity contribution in [3.8, 4) is 0 Å². The molecule has 7 heteroatoms. The first-order chi connectivity index (χ1) is 8.63. The number of aromatic nitrogens is 1. The molecule has 2 fully saturated rings. The van der Waals surface area contributed by atoms with E-state index in [1.54, 1.807) is 4.90 Å². The maximum absolute atomic E-state index is 12.2. The molecule has 0 aromatic carbocycles. The van der Waals surface area contributed by atoms with Crippen molar-refractivity contribution in [2.75, 3.05) is 13.1 Å². The molecule has 2 bridgehead atoms. The second-order valence-corrected chi connectivity index (χ2v) is 5.37. The summed E-state index contributed by atoms with van der Waals surface area (Å²) in [6, 6.07) is 0. The van der Waals surface area contributed by atoms with Gasteiger partial charge in [0.2, 0.25) is 0 Å². The van der Waals surface area contributed by atoms with Gasteiger partial charge in [0.1, 0.15) is 0 Å². The van der Waals surface area contributed by atoms with Crippen LogP contribution in [0.15, 0.2) is 5.38 Å². The summed E-state index contributed by atoms with van der Waals surface area (Å²) in [4.78, 5) is 28.5. The van der Waals surface area contributed by atoms with E-state index in [2.05, 4.69) is 4.98 Å². The second-order valence-electron chi connectivity index (χ2n) is 4.51. The summed E-state index contributed by atoms with van der Waals surface area (Å²) in [7, 11) is 0. The highest BCUT2D eigenvalue weighted by Crippen LogP contribution is 2.27. The van der Waals surface area contributed by atoms with Crippen LogP contribution in [0.25, 0.3) is 0 Å². The molecule has 0 radical (unpaired) electrons. The van der Waals surface area contributed by atoms with Gasteiger partial charge in [0.25, 0.3) is 5.91 Å². The van der Waals surface area contributed by atoms with Gasteiger partial charge in [-0.15, -0.1) is 11.3 Å². The summed E-state index contributed by atoms with van der Waals surface area (Å²) in [6.45, 7) is 1.16. The Morgan fingerprint density at radius 1 is 1.39 bits per heavy atom. The van der Waals surface area contributed by atoms with Crippen molar-refractivity contribution in [1.29, 1.82) is 0 Å². The number of carbonyl (C=O) groups excluding carboxylic acids is 1. The largest absolute Gasteiger partial charge is 0.476 e. The predicted molar refractivity (Wildman–Crippen MR) is 62.9 cm³/mol. The van der Waals surface area contributed by atoms with E-state index in [-0.39, 0.29) is 28.8 Å². The van der Waals surface area contributed by atoms with E-state index in [0.717, 1.165) is 24.2 Å². The second kappa shape index (κ2) is 4.33. The zero-order chi connectivity index (χ0) is 12.7. The average Bonchev–Trinajstić information content (AvgIpc) is 2.95. The summed E-state index contributed by atoms with van der Waals surface area (Å²) in [5.41, 5.74) is -0.0698. The van der Waals surface area contributed by atoms with Gasteiger partial charge in [0.15, 0.2) is 10.7 Å². The van der Waals surface area contributed by atoms with Gasteiger partial charge in [-0.1, -0.05) is 0 Å². The van der Waals surface area contributed by atoms with E-state index < -0.39 is 5.97 Å². The zero-order valence-electron chi connectivity index (χ0n) is 9.54. The molecule has 1 aromatic heterocycles. The number of thiazole rings is 1. The van der Waals surface area contributed by atoms with Crippen LogP contribution in [0, 0.1) is 0 Å². The molecular weight excluding hydrogens is 256 g/mol. The molecule has 96 valence electrons. The van der Waals surface area contributed by atoms with Gasteiger partial charge in [0, 0.05) is 18.5 Å². The molecule has 2 unspecified atom stereocenters. The SMILES string of the molecule is O=C(O)c1csc(C(=O)N2CC3CCC(C2)O3)n1. The average molecular weight is 268 g/mol. The Balaban J connectivity index is 1.75. The van der Waals surface area contributed by atoms with Gasteiger partial charge in [-0.2, -0.15) is 0 Å². The molecule has 2 saturated heterocycles. The predicted octanol–water partition coefficient (Wildman–Crippen LogP) is 0.845. The third kappa shape index (κ3) is 1.99. The molecule has 0 aliphatic carbocycles. The van der Waals surface area contributed by atoms with Gasteiger partial charge < -0.3 is 14.7 Å². The smallest absolute Gasteiger partial charge is 0.355 e. The van der Waals surface area contributed by atoms with Gasteiger partial charge in [0.05, 0.1) is 12.2 Å². The Bertz CT molecular complexity index is 489. The van der Waals surface area contributed by atoms with Crippen molar-refractivity contribution in [2.24, 2.45) is 0 Å². The van der Waals surface area contributed by atoms with Gasteiger partial charge in [-0.05, 0) is 12.8 Å². The molecule has 0 spiro atoms. The van der Waals surface area contributed by atoms with Crippen LogP contribution >= 0.6 is 11.3 Å². The normalized spacial score (nSPS) is 26.3. The number of morpholine rings is 1. The minimum absolute atomic E-state index is 0.0698. The van der Waals surface area contributed by atoms with Gasteiger partial charge in [-0.25, -0.2) is 9.78 Å². The Morgan fingerprint density at radius 3 is 2.61 bits per heavy atom. The van der Waals surface area contributed by atoms with Crippen LogP contribution in [0.5, 0.6) is 0 Å². The number of amides is 1. The monoisotopic (exact) mass is 268 g/mol. The number of nitrogens with zero attached hydrogens (tertiary/aromatic N) is 2. The fraction of sp³-hybridized carbons (Fsp3) is 0.545. The highest BCUT2D eigenvalue weighted by atomic mass is 32.1. The number of fused-ring (bicyclic) bond motifs is 2. The number of hydrogen-bond donors (Lipinski definition) is 1. The topological polar surface area (TPSA) is 79.7 Å². The van der Waals surface area contributed by atoms with Gasteiger partial charge >= 0.3 is 5.97 Å². The molecule has 2 aliphatic heterocycles. The third-order valence-electron chi connectivity index (χ3n) is 3.24. The molecule has 2 aliphatic rings. The molecule has 1 aromatic rings. The molecule has 2 atom stereocenters. The maximum atomic E-state index is 12.2. The molecule has 3 heterocycles. The first-order valence-electron chi connectivity index (χ1n) is 5.77. The highest BCUT2D eigenvalue weighted by molar-refractivity contribution is 7.11. The van der Waals surface area contributed by atoms with Crippen molar-refractivity contribution in [2.45, 2.75) is 25.0 Å². The van der Waals surface area contributed by atoms with Crippen LogP contribution in [0.4, 0.5) is 0 Å². The van der Waals surface area contributed by atoms with E-state index in [4.69, 9.17) is 9.84 Å². The van der Waals surface area contributed by atoms with Crippen LogP contribution in [-0.4, -0.2) is 52.2 Å². The first kappa shape index (κ1) is 11.6. The van der Waals surface area contributed by atoms with Gasteiger partial charge in [-0.3, -0.25) is 4.79 Å². The Kier molecular flexibility index (Phi) is 2.79. The summed E-state index contributed by atoms with van der Waals surface area (Å²) in [6.07, 6.45) is 2.25. The maximum Gasteiger partial charge on any atom is 0.355 e. The molecule has 6 nitrogen and oxygen atoms in total. The Hall–Kier alpha value is -1.47. The molecule has 1 amide bonds. The molecule has 1 N–H and O–H groups in total. The standard InChI is InChI=1S/C11H12N2O4S/c14-10(9-12-8(5-18-9)11(15)16)13-3-6-1-2-7(4-13)17-6/h5-7H,1-4H2,(H,15,16). The number of carbonyl (C=O) groups is 2. The zero-order valence-corrected chi connectivity index (χ0v) is 10.4. The van der Waals surface area contributed by atoms with E-state index in [1.807, 2.05) is 0 Å². The Labute approximate surface area is 107 Å². The molecular formula is C11H12N2O4S. The van der Waals surface area contributed by atoms with E-state index >= 15 is 0 Å². The number of ether oxygens (including phenoxy) is 1. The molecule has 3 rings (SSSR count). The third-order valence-corrected chi connectivity index (χ3v) is 4.07. The summed E-state index contributed by atoms with van der Waals surface area (Å²) in [5.74, 6) is -1.29. The van der Waals surface area contributed by atoms with Crippen LogP contribution < -0.4 is 0 Å². The van der Waals surface area contributed by atoms with E-state index in [0.29, 0.717) is 13.1 Å². The minimum atomic E-state index is -1.10. The first-order valence-corrected chi connectivity index (χ1v) is 6.65. The summed E-state index contributed by atoms with van der Waals surface area (Å²) >= 11 is 1.08. The van der Waals surface area contributed by atoms with E-state index in [1.165, 1.54) is 5.38 Å². The van der Waals surface area contributed by atoms with E-state index in [9.17, 15) is 9.59 Å². The summed E-state index contributed by atoms with van der Waals surface area (Å²) in [5, 5.41) is 10.4. The fourth-order valence-electron chi connectivity index (χ4n) is 2.39. The fourth-order valence-corrected chi connectivity index (χ4v) is 3.14. The lowest BCUT2D eigenvalue weighted by molar-refractivity contribution is -0.0303. The molecule has 0 saturated carbocycles. The minimum Gasteiger partial charge on any atom is -0.476 e. The number of aromatic carboxylic acids is 1. The van der Waals surface area contributed by atoms with Crippen molar-refractivity contribution in [3.05, 3.63) is 16.1 Å². The highest BCUT2D eigenvalue weighted by Gasteiger charge is 2.36. The number of rotatable bonds is 2. The number of likely N-dealkylation sites (tertiary alicyclic amines) is 1. The van der Waals surface area contributed by atoms with Crippen LogP contribution in [-0.2, 0) is 4.74 Å². The Morgan fingerprint density at radius 2 is 2.06 bits per heavy atom. The number of carboxylic acids is 1. The lowest BCUT2D eigenvalue weighted by Gasteiger charge is -2.31. The number of carboxylic acid groups (broad SMARTS) is 1. The molecule has 18 heavy (non-hydrogen) atoms. The van der Waals surface area contributed by atoms with Crippen LogP contribution in [0.1, 0.15) is 33.1 Å².